The van der Waals surface area contributed by atoms with Gasteiger partial charge in [-0.25, -0.2) is 9.98 Å². The van der Waals surface area contributed by atoms with E-state index in [1.165, 1.54) is 4.88 Å². The maximum atomic E-state index is 11.6. The number of aryl methyl sites for hydroxylation is 1. The van der Waals surface area contributed by atoms with E-state index in [1.54, 1.807) is 11.3 Å². The second-order valence-electron chi connectivity index (χ2n) is 5.53. The van der Waals surface area contributed by atoms with E-state index in [9.17, 15) is 4.79 Å². The number of thiazole rings is 1. The highest BCUT2D eigenvalue weighted by Gasteiger charge is 2.18. The van der Waals surface area contributed by atoms with E-state index >= 15 is 0 Å². The molecule has 1 aliphatic rings. The minimum atomic E-state index is 0.293. The van der Waals surface area contributed by atoms with Crippen LogP contribution in [-0.4, -0.2) is 47.9 Å². The van der Waals surface area contributed by atoms with Crippen molar-refractivity contribution in [2.24, 2.45) is 4.99 Å². The van der Waals surface area contributed by atoms with Gasteiger partial charge in [0, 0.05) is 43.7 Å². The van der Waals surface area contributed by atoms with E-state index in [-0.39, 0.29) is 0 Å². The molecule has 1 aromatic rings. The zero-order valence-corrected chi connectivity index (χ0v) is 14.9. The summed E-state index contributed by atoms with van der Waals surface area (Å²) in [5, 5.41) is 7.62. The van der Waals surface area contributed by atoms with Crippen LogP contribution in [0, 0.1) is 0 Å². The molecule has 7 heteroatoms. The number of hydrogen-bond donors (Lipinski definition) is 2. The van der Waals surface area contributed by atoms with Gasteiger partial charge in [0.15, 0.2) is 5.96 Å². The number of nitrogens with zero attached hydrogens (tertiary/aromatic N) is 3. The Kier molecular flexibility index (Phi) is 7.32. The van der Waals surface area contributed by atoms with Gasteiger partial charge in [0.2, 0.25) is 5.91 Å². The van der Waals surface area contributed by atoms with Crippen molar-refractivity contribution >= 4 is 23.2 Å². The summed E-state index contributed by atoms with van der Waals surface area (Å²) in [5.41, 5.74) is 0. The fraction of sp³-hybridized carbons (Fsp3) is 0.688. The summed E-state index contributed by atoms with van der Waals surface area (Å²) in [5.74, 6) is 1.11. The van der Waals surface area contributed by atoms with Crippen LogP contribution in [0.3, 0.4) is 0 Å². The van der Waals surface area contributed by atoms with Crippen molar-refractivity contribution in [2.45, 2.75) is 46.1 Å². The highest BCUT2D eigenvalue weighted by Crippen LogP contribution is 2.14. The minimum Gasteiger partial charge on any atom is -0.357 e. The van der Waals surface area contributed by atoms with Crippen molar-refractivity contribution in [1.82, 2.24) is 20.5 Å². The Hall–Kier alpha value is -1.63. The molecule has 1 fully saturated rings. The molecule has 0 spiro atoms. The molecule has 2 heterocycles. The number of carbonyl (C=O) groups is 1. The average Bonchev–Trinajstić information content (AvgIpc) is 3.18. The van der Waals surface area contributed by atoms with Crippen LogP contribution in [-0.2, 0) is 17.8 Å². The molecule has 2 rings (SSSR count). The molecule has 0 saturated carbocycles. The molecule has 2 N–H and O–H groups in total. The minimum absolute atomic E-state index is 0.293. The number of rotatable bonds is 8. The van der Waals surface area contributed by atoms with E-state index in [0.29, 0.717) is 18.9 Å². The number of guanidine groups is 1. The van der Waals surface area contributed by atoms with Gasteiger partial charge < -0.3 is 15.5 Å². The third-order valence-corrected chi connectivity index (χ3v) is 4.86. The third-order valence-electron chi connectivity index (χ3n) is 3.74. The summed E-state index contributed by atoms with van der Waals surface area (Å²) < 4.78 is 0. The molecule has 1 amide bonds. The zero-order valence-electron chi connectivity index (χ0n) is 14.1. The molecule has 1 aromatic heterocycles. The molecule has 0 radical (unpaired) electrons. The molecule has 0 bridgehead atoms. The first-order chi connectivity index (χ1) is 11.2. The fourth-order valence-electron chi connectivity index (χ4n) is 2.49. The largest absolute Gasteiger partial charge is 0.357 e. The first kappa shape index (κ1) is 17.7. The van der Waals surface area contributed by atoms with Gasteiger partial charge in [0.25, 0.3) is 0 Å². The van der Waals surface area contributed by atoms with Crippen LogP contribution in [0.4, 0.5) is 0 Å². The first-order valence-electron chi connectivity index (χ1n) is 8.46. The van der Waals surface area contributed by atoms with Crippen molar-refractivity contribution in [3.05, 3.63) is 16.1 Å². The van der Waals surface area contributed by atoms with Crippen molar-refractivity contribution < 1.29 is 4.79 Å². The Bertz CT molecular complexity index is 528. The Morgan fingerprint density at radius 3 is 2.96 bits per heavy atom. The van der Waals surface area contributed by atoms with E-state index in [4.69, 9.17) is 0 Å². The van der Waals surface area contributed by atoms with Gasteiger partial charge in [0.05, 0.1) is 6.54 Å². The van der Waals surface area contributed by atoms with Gasteiger partial charge >= 0.3 is 0 Å². The summed E-state index contributed by atoms with van der Waals surface area (Å²) in [4.78, 5) is 23.8. The normalized spacial score (nSPS) is 15.3. The van der Waals surface area contributed by atoms with Crippen LogP contribution in [0.25, 0.3) is 0 Å². The summed E-state index contributed by atoms with van der Waals surface area (Å²) >= 11 is 1.72. The van der Waals surface area contributed by atoms with Crippen molar-refractivity contribution in [3.8, 4) is 0 Å². The molecule has 0 aromatic carbocycles. The maximum Gasteiger partial charge on any atom is 0.222 e. The van der Waals surface area contributed by atoms with E-state index in [1.807, 2.05) is 11.1 Å². The van der Waals surface area contributed by atoms with E-state index in [0.717, 1.165) is 56.4 Å². The van der Waals surface area contributed by atoms with Crippen LogP contribution in [0.5, 0.6) is 0 Å². The second kappa shape index (κ2) is 9.50. The monoisotopic (exact) mass is 337 g/mol. The first-order valence-corrected chi connectivity index (χ1v) is 9.28. The number of aliphatic imine (C=N–C) groups is 1. The molecule has 0 unspecified atom stereocenters. The van der Waals surface area contributed by atoms with Gasteiger partial charge in [-0.05, 0) is 26.2 Å². The summed E-state index contributed by atoms with van der Waals surface area (Å²) in [6.07, 6.45) is 5.61. The Morgan fingerprint density at radius 1 is 1.43 bits per heavy atom. The topological polar surface area (TPSA) is 69.6 Å². The summed E-state index contributed by atoms with van der Waals surface area (Å²) in [6, 6.07) is 0. The number of hydrogen-bond acceptors (Lipinski definition) is 4. The highest BCUT2D eigenvalue weighted by atomic mass is 32.1. The predicted molar refractivity (Wildman–Crippen MR) is 94.7 cm³/mol. The van der Waals surface area contributed by atoms with Crippen LogP contribution < -0.4 is 10.6 Å². The molecule has 128 valence electrons. The number of likely N-dealkylation sites (tertiary alicyclic amines) is 1. The van der Waals surface area contributed by atoms with Crippen LogP contribution in [0.15, 0.2) is 11.2 Å². The number of carbonyl (C=O) groups excluding carboxylic acids is 1. The molecular formula is C16H27N5OS. The van der Waals surface area contributed by atoms with Crippen molar-refractivity contribution in [3.63, 3.8) is 0 Å². The second-order valence-corrected chi connectivity index (χ2v) is 6.73. The zero-order chi connectivity index (χ0) is 16.5. The standard InChI is InChI=1S/C16H27N5OS/c1-3-13-11-19-14(23-13)12-20-16(17-4-2)18-8-6-10-21-9-5-7-15(21)22/h11H,3-10,12H2,1-2H3,(H2,17,18,20). The third kappa shape index (κ3) is 5.82. The van der Waals surface area contributed by atoms with Gasteiger partial charge in [-0.3, -0.25) is 4.79 Å². The Balaban J connectivity index is 1.73. The van der Waals surface area contributed by atoms with E-state index < -0.39 is 0 Å². The number of aromatic nitrogens is 1. The number of nitrogens with one attached hydrogen (secondary N) is 2. The molecule has 0 aliphatic carbocycles. The molecule has 1 aliphatic heterocycles. The summed E-state index contributed by atoms with van der Waals surface area (Å²) in [7, 11) is 0. The lowest BCUT2D eigenvalue weighted by molar-refractivity contribution is -0.127. The van der Waals surface area contributed by atoms with Crippen LogP contribution in [0.1, 0.15) is 43.0 Å². The lowest BCUT2D eigenvalue weighted by atomic mass is 10.4. The Morgan fingerprint density at radius 2 is 2.30 bits per heavy atom. The SMILES string of the molecule is CCNC(=NCc1ncc(CC)s1)NCCCN1CCCC1=O. The summed E-state index contributed by atoms with van der Waals surface area (Å²) in [6.45, 7) is 8.18. The lowest BCUT2D eigenvalue weighted by Crippen LogP contribution is -2.39. The van der Waals surface area contributed by atoms with Gasteiger partial charge in [-0.15, -0.1) is 11.3 Å². The van der Waals surface area contributed by atoms with Crippen LogP contribution in [0.2, 0.25) is 0 Å². The van der Waals surface area contributed by atoms with Crippen molar-refractivity contribution in [2.75, 3.05) is 26.2 Å². The van der Waals surface area contributed by atoms with Crippen LogP contribution >= 0.6 is 11.3 Å². The predicted octanol–water partition coefficient (Wildman–Crippen LogP) is 1.77. The lowest BCUT2D eigenvalue weighted by Gasteiger charge is -2.16. The average molecular weight is 337 g/mol. The molecule has 1 saturated heterocycles. The number of amides is 1. The fourth-order valence-corrected chi connectivity index (χ4v) is 3.28. The molecular weight excluding hydrogens is 310 g/mol. The maximum absolute atomic E-state index is 11.6. The van der Waals surface area contributed by atoms with Gasteiger partial charge in [0.1, 0.15) is 5.01 Å². The smallest absolute Gasteiger partial charge is 0.222 e. The molecule has 6 nitrogen and oxygen atoms in total. The highest BCUT2D eigenvalue weighted by molar-refractivity contribution is 7.11. The van der Waals surface area contributed by atoms with Crippen molar-refractivity contribution in [1.29, 1.82) is 0 Å². The molecule has 0 atom stereocenters. The quantitative estimate of drug-likeness (QED) is 0.431. The van der Waals surface area contributed by atoms with Gasteiger partial charge in [-0.1, -0.05) is 6.92 Å². The van der Waals surface area contributed by atoms with Gasteiger partial charge in [-0.2, -0.15) is 0 Å². The Labute approximate surface area is 142 Å². The van der Waals surface area contributed by atoms with E-state index in [2.05, 4.69) is 34.5 Å². The molecule has 23 heavy (non-hydrogen) atoms.